The van der Waals surface area contributed by atoms with Crippen molar-refractivity contribution < 1.29 is 15.3 Å². The van der Waals surface area contributed by atoms with Crippen LogP contribution < -0.4 is 0 Å². The monoisotopic (exact) mass is 374 g/mol. The van der Waals surface area contributed by atoms with Gasteiger partial charge in [-0.15, -0.1) is 0 Å². The number of rotatable bonds is 9. The minimum absolute atomic E-state index is 0.0800. The van der Waals surface area contributed by atoms with E-state index in [1.165, 1.54) is 24.8 Å². The minimum atomic E-state index is -0.0800. The molecule has 0 bridgehead atoms. The average Bonchev–Trinajstić information content (AvgIpc) is 2.60. The van der Waals surface area contributed by atoms with Crippen LogP contribution in [0.2, 0.25) is 0 Å². The number of allylic oxidation sites excluding steroid dienone is 1. The average molecular weight is 375 g/mol. The highest BCUT2D eigenvalue weighted by atomic mass is 16.3. The smallest absolute Gasteiger partial charge is 0.127 e. The Morgan fingerprint density at radius 1 is 1.07 bits per heavy atom. The van der Waals surface area contributed by atoms with Crippen LogP contribution in [0.25, 0.3) is 5.57 Å². The van der Waals surface area contributed by atoms with Gasteiger partial charge in [-0.3, -0.25) is 0 Å². The predicted octanol–water partition coefficient (Wildman–Crippen LogP) is 6.30. The molecule has 2 rings (SSSR count). The van der Waals surface area contributed by atoms with E-state index in [0.29, 0.717) is 17.9 Å². The summed E-state index contributed by atoms with van der Waals surface area (Å²) in [5.41, 5.74) is 3.70. The van der Waals surface area contributed by atoms with Gasteiger partial charge in [0.1, 0.15) is 11.5 Å². The summed E-state index contributed by atoms with van der Waals surface area (Å²) in [6.07, 6.45) is 9.40. The Bertz CT molecular complexity index is 635. The topological polar surface area (TPSA) is 60.7 Å². The van der Waals surface area contributed by atoms with E-state index >= 15 is 0 Å². The van der Waals surface area contributed by atoms with E-state index in [9.17, 15) is 15.3 Å². The van der Waals surface area contributed by atoms with Gasteiger partial charge in [-0.1, -0.05) is 59.0 Å². The van der Waals surface area contributed by atoms with Crippen molar-refractivity contribution in [1.29, 1.82) is 0 Å². The van der Waals surface area contributed by atoms with Crippen molar-refractivity contribution in [2.75, 3.05) is 6.61 Å². The van der Waals surface area contributed by atoms with Crippen molar-refractivity contribution in [1.82, 2.24) is 0 Å². The molecule has 3 nitrogen and oxygen atoms in total. The molecule has 0 saturated carbocycles. The van der Waals surface area contributed by atoms with Crippen LogP contribution in [0.15, 0.2) is 17.7 Å². The first-order chi connectivity index (χ1) is 12.8. The van der Waals surface area contributed by atoms with Crippen molar-refractivity contribution in [2.45, 2.75) is 90.9 Å². The van der Waals surface area contributed by atoms with Crippen molar-refractivity contribution in [2.24, 2.45) is 5.92 Å². The molecule has 1 aromatic carbocycles. The molecule has 152 valence electrons. The molecule has 0 saturated heterocycles. The normalized spacial score (nSPS) is 18.2. The Labute approximate surface area is 165 Å². The number of aromatic hydroxyl groups is 2. The Morgan fingerprint density at radius 2 is 1.74 bits per heavy atom. The molecule has 1 aliphatic carbocycles. The first kappa shape index (κ1) is 21.8. The van der Waals surface area contributed by atoms with Gasteiger partial charge >= 0.3 is 0 Å². The molecule has 1 atom stereocenters. The Hall–Kier alpha value is -1.48. The molecule has 1 unspecified atom stereocenters. The van der Waals surface area contributed by atoms with Crippen molar-refractivity contribution in [3.63, 3.8) is 0 Å². The number of hydrogen-bond donors (Lipinski definition) is 3. The molecule has 3 N–H and O–H groups in total. The molecule has 0 heterocycles. The fraction of sp³-hybridized carbons (Fsp3) is 0.667. The molecule has 0 radical (unpaired) electrons. The zero-order valence-electron chi connectivity index (χ0n) is 17.6. The maximum absolute atomic E-state index is 10.8. The Balaban J connectivity index is 2.33. The molecule has 0 aromatic heterocycles. The fourth-order valence-corrected chi connectivity index (χ4v) is 4.31. The highest BCUT2D eigenvalue weighted by molar-refractivity contribution is 5.78. The first-order valence-corrected chi connectivity index (χ1v) is 10.7. The lowest BCUT2D eigenvalue weighted by atomic mass is 9.77. The van der Waals surface area contributed by atoms with E-state index in [1.54, 1.807) is 0 Å². The Morgan fingerprint density at radius 3 is 2.33 bits per heavy atom. The van der Waals surface area contributed by atoms with Gasteiger partial charge in [-0.05, 0) is 66.7 Å². The van der Waals surface area contributed by atoms with Gasteiger partial charge in [0.15, 0.2) is 0 Å². The lowest BCUT2D eigenvalue weighted by Gasteiger charge is -2.29. The van der Waals surface area contributed by atoms with Crippen LogP contribution in [-0.2, 0) is 5.41 Å². The number of unbranched alkanes of at least 4 members (excludes halogenated alkanes) is 3. The maximum atomic E-state index is 10.8. The zero-order valence-corrected chi connectivity index (χ0v) is 17.6. The van der Waals surface area contributed by atoms with Crippen molar-refractivity contribution in [3.8, 4) is 11.5 Å². The van der Waals surface area contributed by atoms with Crippen LogP contribution in [0.4, 0.5) is 0 Å². The summed E-state index contributed by atoms with van der Waals surface area (Å²) in [6, 6.07) is 3.69. The van der Waals surface area contributed by atoms with E-state index in [0.717, 1.165) is 43.2 Å². The summed E-state index contributed by atoms with van der Waals surface area (Å²) >= 11 is 0. The van der Waals surface area contributed by atoms with E-state index in [2.05, 4.69) is 27.7 Å². The zero-order chi connectivity index (χ0) is 20.0. The van der Waals surface area contributed by atoms with Gasteiger partial charge < -0.3 is 15.3 Å². The third kappa shape index (κ3) is 5.51. The number of aliphatic hydroxyl groups excluding tert-OH is 1. The maximum Gasteiger partial charge on any atom is 0.127 e. The van der Waals surface area contributed by atoms with Gasteiger partial charge in [0.2, 0.25) is 0 Å². The summed E-state index contributed by atoms with van der Waals surface area (Å²) in [5, 5.41) is 31.0. The van der Waals surface area contributed by atoms with Crippen LogP contribution in [0.1, 0.15) is 96.6 Å². The third-order valence-electron chi connectivity index (χ3n) is 6.17. The summed E-state index contributed by atoms with van der Waals surface area (Å²) in [7, 11) is 0. The van der Waals surface area contributed by atoms with Crippen LogP contribution in [-0.4, -0.2) is 21.9 Å². The second kappa shape index (κ2) is 9.64. The largest absolute Gasteiger partial charge is 0.507 e. The highest BCUT2D eigenvalue weighted by Gasteiger charge is 2.27. The standard InChI is InChI=1S/C24H38O3/c1-5-6-7-8-12-24(3,4)19-15-21(26)23(22(27)16-19)20-14-17(2)9-10-18(20)11-13-25/h15-17,25-27H,5-14H2,1-4H3. The van der Waals surface area contributed by atoms with Gasteiger partial charge in [0.05, 0.1) is 5.56 Å². The summed E-state index contributed by atoms with van der Waals surface area (Å²) in [4.78, 5) is 0. The molecule has 27 heavy (non-hydrogen) atoms. The first-order valence-electron chi connectivity index (χ1n) is 10.7. The van der Waals surface area contributed by atoms with Gasteiger partial charge in [-0.2, -0.15) is 0 Å². The van der Waals surface area contributed by atoms with Gasteiger partial charge in [-0.25, -0.2) is 0 Å². The quantitative estimate of drug-likeness (QED) is 0.444. The second-order valence-corrected chi connectivity index (χ2v) is 8.99. The number of benzene rings is 1. The van der Waals surface area contributed by atoms with Crippen LogP contribution >= 0.6 is 0 Å². The SMILES string of the molecule is CCCCCCC(C)(C)c1cc(O)c(C2=C(CCO)CCC(C)C2)c(O)c1. The Kier molecular flexibility index (Phi) is 7.79. The predicted molar refractivity (Wildman–Crippen MR) is 113 cm³/mol. The van der Waals surface area contributed by atoms with E-state index in [4.69, 9.17) is 0 Å². The lowest BCUT2D eigenvalue weighted by molar-refractivity contribution is 0.296. The van der Waals surface area contributed by atoms with Crippen LogP contribution in [0.3, 0.4) is 0 Å². The highest BCUT2D eigenvalue weighted by Crippen LogP contribution is 2.46. The number of hydrogen-bond acceptors (Lipinski definition) is 3. The number of phenols is 2. The van der Waals surface area contributed by atoms with Gasteiger partial charge in [0.25, 0.3) is 0 Å². The molecular formula is C24H38O3. The fourth-order valence-electron chi connectivity index (χ4n) is 4.31. The number of aliphatic hydroxyl groups is 1. The molecule has 0 fully saturated rings. The van der Waals surface area contributed by atoms with Crippen LogP contribution in [0.5, 0.6) is 11.5 Å². The third-order valence-corrected chi connectivity index (χ3v) is 6.17. The summed E-state index contributed by atoms with van der Waals surface area (Å²) in [6.45, 7) is 8.90. The molecule has 3 heteroatoms. The number of phenolic OH excluding ortho intramolecular Hbond substituents is 2. The molecule has 0 spiro atoms. The molecule has 1 aromatic rings. The van der Waals surface area contributed by atoms with Crippen LogP contribution in [0, 0.1) is 5.92 Å². The lowest BCUT2D eigenvalue weighted by Crippen LogP contribution is -2.17. The molecular weight excluding hydrogens is 336 g/mol. The summed E-state index contributed by atoms with van der Waals surface area (Å²) in [5.74, 6) is 0.869. The van der Waals surface area contributed by atoms with E-state index in [1.807, 2.05) is 12.1 Å². The minimum Gasteiger partial charge on any atom is -0.507 e. The second-order valence-electron chi connectivity index (χ2n) is 8.99. The molecule has 0 aliphatic heterocycles. The molecule has 1 aliphatic rings. The van der Waals surface area contributed by atoms with Crippen molar-refractivity contribution in [3.05, 3.63) is 28.8 Å². The van der Waals surface area contributed by atoms with Crippen molar-refractivity contribution >= 4 is 5.57 Å². The molecule has 0 amide bonds. The van der Waals surface area contributed by atoms with E-state index < -0.39 is 0 Å². The van der Waals surface area contributed by atoms with E-state index in [-0.39, 0.29) is 23.5 Å². The van der Waals surface area contributed by atoms with Gasteiger partial charge in [0, 0.05) is 6.61 Å². The summed E-state index contributed by atoms with van der Waals surface area (Å²) < 4.78 is 0.